The van der Waals surface area contributed by atoms with Crippen LogP contribution in [0.4, 0.5) is 0 Å². The zero-order valence-corrected chi connectivity index (χ0v) is 15.0. The van der Waals surface area contributed by atoms with E-state index in [2.05, 4.69) is 18.1 Å². The number of aliphatic hydroxyl groups is 1. The number of benzene rings is 1. The Balaban J connectivity index is 2.01. The van der Waals surface area contributed by atoms with Gasteiger partial charge in [-0.25, -0.2) is 0 Å². The van der Waals surface area contributed by atoms with Gasteiger partial charge in [0, 0.05) is 5.92 Å². The summed E-state index contributed by atoms with van der Waals surface area (Å²) >= 11 is 12.3. The molecule has 2 fully saturated rings. The van der Waals surface area contributed by atoms with E-state index in [-0.39, 0.29) is 17.9 Å². The van der Waals surface area contributed by atoms with Crippen LogP contribution >= 0.6 is 23.2 Å². The second-order valence-corrected chi connectivity index (χ2v) is 7.54. The third-order valence-corrected chi connectivity index (χ3v) is 6.22. The predicted molar refractivity (Wildman–Crippen MR) is 94.3 cm³/mol. The van der Waals surface area contributed by atoms with E-state index < -0.39 is 0 Å². The first kappa shape index (κ1) is 17.1. The van der Waals surface area contributed by atoms with Gasteiger partial charge in [-0.1, -0.05) is 41.3 Å². The molecule has 5 heteroatoms. The van der Waals surface area contributed by atoms with Crippen LogP contribution in [0, 0.1) is 17.8 Å². The molecule has 2 saturated carbocycles. The Labute approximate surface area is 147 Å². The fraction of sp³-hybridized carbons (Fsp3) is 0.611. The Bertz CT molecular complexity index is 605. The highest BCUT2D eigenvalue weighted by Crippen LogP contribution is 2.53. The van der Waals surface area contributed by atoms with E-state index in [0.717, 1.165) is 31.4 Å². The molecule has 0 heterocycles. The highest BCUT2D eigenvalue weighted by atomic mass is 35.5. The van der Waals surface area contributed by atoms with Crippen molar-refractivity contribution in [1.82, 2.24) is 0 Å². The van der Waals surface area contributed by atoms with Crippen molar-refractivity contribution in [1.29, 1.82) is 0 Å². The van der Waals surface area contributed by atoms with Gasteiger partial charge in [0.05, 0.1) is 21.9 Å². The number of rotatable bonds is 4. The smallest absolute Gasteiger partial charge is 0.106 e. The molecule has 0 spiro atoms. The molecule has 1 aromatic carbocycles. The minimum atomic E-state index is -0.244. The summed E-state index contributed by atoms with van der Waals surface area (Å²) in [6.07, 6.45) is 3.60. The monoisotopic (exact) mass is 355 g/mol. The maximum absolute atomic E-state index is 10.5. The van der Waals surface area contributed by atoms with E-state index in [9.17, 15) is 5.11 Å². The van der Waals surface area contributed by atoms with Gasteiger partial charge in [-0.05, 0) is 61.1 Å². The lowest BCUT2D eigenvalue weighted by atomic mass is 9.67. The van der Waals surface area contributed by atoms with Crippen molar-refractivity contribution in [2.45, 2.75) is 44.6 Å². The van der Waals surface area contributed by atoms with Crippen LogP contribution in [0.15, 0.2) is 23.4 Å². The lowest BCUT2D eigenvalue weighted by Crippen LogP contribution is -2.36. The van der Waals surface area contributed by atoms with Crippen LogP contribution in [0.1, 0.15) is 44.1 Å². The number of fused-ring (bicyclic) bond motifs is 2. The summed E-state index contributed by atoms with van der Waals surface area (Å²) in [5.41, 5.74) is 2.22. The summed E-state index contributed by atoms with van der Waals surface area (Å²) < 4.78 is 0. The van der Waals surface area contributed by atoms with E-state index in [0.29, 0.717) is 21.9 Å². The second-order valence-electron chi connectivity index (χ2n) is 6.73. The Kier molecular flexibility index (Phi) is 5.19. The second kappa shape index (κ2) is 7.00. The molecule has 3 unspecified atom stereocenters. The standard InChI is InChI=1S/C18H23Cl2NO2/c1-3-16(21-23-2)18-12(6-10-7-13(18)17(22)8-10)11-4-5-14(19)15(20)9-11/h4-5,9-10,12-13,17-18,22H,3,6-8H2,1-2H3/t10?,12-,13?,17?,18-/m0/s1. The molecule has 1 aromatic rings. The Morgan fingerprint density at radius 2 is 2.04 bits per heavy atom. The average Bonchev–Trinajstić information content (AvgIpc) is 2.83. The van der Waals surface area contributed by atoms with Crippen molar-refractivity contribution in [3.8, 4) is 0 Å². The van der Waals surface area contributed by atoms with Gasteiger partial charge in [0.25, 0.3) is 0 Å². The Morgan fingerprint density at radius 3 is 2.70 bits per heavy atom. The van der Waals surface area contributed by atoms with Crippen LogP contribution in [0.5, 0.6) is 0 Å². The van der Waals surface area contributed by atoms with Crippen LogP contribution < -0.4 is 0 Å². The third kappa shape index (κ3) is 3.24. The summed E-state index contributed by atoms with van der Waals surface area (Å²) in [5.74, 6) is 1.33. The molecule has 3 nitrogen and oxygen atoms in total. The van der Waals surface area contributed by atoms with Gasteiger partial charge in [-0.15, -0.1) is 0 Å². The zero-order valence-electron chi connectivity index (χ0n) is 13.5. The van der Waals surface area contributed by atoms with Crippen molar-refractivity contribution < 1.29 is 9.94 Å². The van der Waals surface area contributed by atoms with Gasteiger partial charge < -0.3 is 9.94 Å². The molecular formula is C18H23Cl2NO2. The van der Waals surface area contributed by atoms with Gasteiger partial charge in [0.1, 0.15) is 7.11 Å². The number of aliphatic hydroxyl groups excluding tert-OH is 1. The molecule has 0 saturated heterocycles. The number of halogens is 2. The minimum Gasteiger partial charge on any atom is -0.399 e. The van der Waals surface area contributed by atoms with Gasteiger partial charge in [0.2, 0.25) is 0 Å². The van der Waals surface area contributed by atoms with Crippen LogP contribution in [-0.4, -0.2) is 24.0 Å². The number of hydrogen-bond donors (Lipinski definition) is 1. The molecule has 2 aliphatic rings. The van der Waals surface area contributed by atoms with E-state index in [1.165, 1.54) is 5.56 Å². The van der Waals surface area contributed by atoms with Crippen molar-refractivity contribution in [3.05, 3.63) is 33.8 Å². The molecule has 1 N–H and O–H groups in total. The molecule has 2 aliphatic carbocycles. The molecule has 2 bridgehead atoms. The van der Waals surface area contributed by atoms with Gasteiger partial charge in [-0.2, -0.15) is 0 Å². The molecule has 0 radical (unpaired) electrons. The van der Waals surface area contributed by atoms with Crippen LogP contribution in [0.25, 0.3) is 0 Å². The summed E-state index contributed by atoms with van der Waals surface area (Å²) in [6, 6.07) is 5.89. The summed E-state index contributed by atoms with van der Waals surface area (Å²) in [4.78, 5) is 5.08. The quantitative estimate of drug-likeness (QED) is 0.616. The van der Waals surface area contributed by atoms with Crippen LogP contribution in [0.3, 0.4) is 0 Å². The highest BCUT2D eigenvalue weighted by Gasteiger charge is 2.48. The molecule has 126 valence electrons. The Hall–Kier alpha value is -0.770. The minimum absolute atomic E-state index is 0.200. The lowest BCUT2D eigenvalue weighted by Gasteiger charge is -2.38. The Morgan fingerprint density at radius 1 is 1.26 bits per heavy atom. The molecule has 23 heavy (non-hydrogen) atoms. The third-order valence-electron chi connectivity index (χ3n) is 5.48. The van der Waals surface area contributed by atoms with E-state index in [4.69, 9.17) is 28.0 Å². The summed E-state index contributed by atoms with van der Waals surface area (Å²) in [6.45, 7) is 2.09. The first-order chi connectivity index (χ1) is 11.0. The summed E-state index contributed by atoms with van der Waals surface area (Å²) in [7, 11) is 1.58. The summed E-state index contributed by atoms with van der Waals surface area (Å²) in [5, 5.41) is 15.9. The SMILES string of the molecule is CCC(=NOC)[C@@H]1C2CC(CC2O)C[C@H]1c1ccc(Cl)c(Cl)c1. The first-order valence-corrected chi connectivity index (χ1v) is 9.03. The molecule has 0 amide bonds. The van der Waals surface area contributed by atoms with E-state index >= 15 is 0 Å². The van der Waals surface area contributed by atoms with Crippen LogP contribution in [-0.2, 0) is 4.84 Å². The van der Waals surface area contributed by atoms with Crippen LogP contribution in [0.2, 0.25) is 10.0 Å². The van der Waals surface area contributed by atoms with E-state index in [1.807, 2.05) is 12.1 Å². The van der Waals surface area contributed by atoms with Gasteiger partial charge >= 0.3 is 0 Å². The van der Waals surface area contributed by atoms with Crippen molar-refractivity contribution in [3.63, 3.8) is 0 Å². The highest BCUT2D eigenvalue weighted by molar-refractivity contribution is 6.42. The largest absolute Gasteiger partial charge is 0.399 e. The molecule has 3 rings (SSSR count). The predicted octanol–water partition coefficient (Wildman–Crippen LogP) is 4.90. The van der Waals surface area contributed by atoms with Crippen molar-refractivity contribution >= 4 is 28.9 Å². The van der Waals surface area contributed by atoms with Crippen molar-refractivity contribution in [2.24, 2.45) is 22.9 Å². The molecule has 5 atom stereocenters. The van der Waals surface area contributed by atoms with Gasteiger partial charge in [0.15, 0.2) is 0 Å². The fourth-order valence-corrected chi connectivity index (χ4v) is 4.89. The first-order valence-electron chi connectivity index (χ1n) is 8.28. The lowest BCUT2D eigenvalue weighted by molar-refractivity contribution is 0.106. The van der Waals surface area contributed by atoms with Crippen molar-refractivity contribution in [2.75, 3.05) is 7.11 Å². The zero-order chi connectivity index (χ0) is 16.6. The average molecular weight is 356 g/mol. The van der Waals surface area contributed by atoms with Gasteiger partial charge in [-0.3, -0.25) is 0 Å². The fourth-order valence-electron chi connectivity index (χ4n) is 4.58. The normalized spacial score (nSPS) is 33.8. The van der Waals surface area contributed by atoms with E-state index in [1.54, 1.807) is 7.11 Å². The molecule has 0 aromatic heterocycles. The molecular weight excluding hydrogens is 333 g/mol. The molecule has 0 aliphatic heterocycles. The maximum Gasteiger partial charge on any atom is 0.106 e. The maximum atomic E-state index is 10.5. The number of nitrogens with zero attached hydrogens (tertiary/aromatic N) is 1. The topological polar surface area (TPSA) is 41.8 Å². The number of hydrogen-bond acceptors (Lipinski definition) is 3. The number of oxime groups is 1.